The molecule has 4 heteroatoms. The molecule has 0 aliphatic carbocycles. The van der Waals surface area contributed by atoms with Crippen LogP contribution in [0.2, 0.25) is 0 Å². The molecule has 0 aliphatic rings. The largest absolute Gasteiger partial charge is 0.457 e. The summed E-state index contributed by atoms with van der Waals surface area (Å²) in [5.41, 5.74) is 4.05. The van der Waals surface area contributed by atoms with Crippen molar-refractivity contribution in [2.75, 3.05) is 6.61 Å². The van der Waals surface area contributed by atoms with Crippen molar-refractivity contribution < 1.29 is 14.3 Å². The fourth-order valence-corrected chi connectivity index (χ4v) is 3.12. The number of hydrogen-bond acceptors (Lipinski definition) is 3. The fraction of sp³-hybridized carbons (Fsp3) is 0.304. The number of H-pyrrole nitrogens is 1. The molecule has 1 aromatic heterocycles. The molecule has 0 atom stereocenters. The molecule has 1 N–H and O–H groups in total. The molecule has 0 saturated carbocycles. The van der Waals surface area contributed by atoms with Crippen LogP contribution in [0.15, 0.2) is 54.7 Å². The van der Waals surface area contributed by atoms with Crippen molar-refractivity contribution in [3.8, 4) is 0 Å². The number of ketones is 1. The molecule has 140 valence electrons. The number of para-hydroxylation sites is 1. The zero-order valence-corrected chi connectivity index (χ0v) is 15.8. The van der Waals surface area contributed by atoms with Gasteiger partial charge in [0.05, 0.1) is 0 Å². The number of esters is 1. The van der Waals surface area contributed by atoms with Gasteiger partial charge in [-0.2, -0.15) is 0 Å². The molecule has 0 radical (unpaired) electrons. The summed E-state index contributed by atoms with van der Waals surface area (Å²) in [6.45, 7) is 4.01. The summed E-state index contributed by atoms with van der Waals surface area (Å²) in [5, 5.41) is 1.19. The van der Waals surface area contributed by atoms with E-state index in [9.17, 15) is 9.59 Å². The highest BCUT2D eigenvalue weighted by Crippen LogP contribution is 2.19. The first kappa shape index (κ1) is 18.9. The summed E-state index contributed by atoms with van der Waals surface area (Å²) in [6, 6.07) is 15.6. The van der Waals surface area contributed by atoms with Crippen molar-refractivity contribution in [2.24, 2.45) is 0 Å². The highest BCUT2D eigenvalue weighted by Gasteiger charge is 2.11. The van der Waals surface area contributed by atoms with Crippen molar-refractivity contribution in [2.45, 2.75) is 39.0 Å². The van der Waals surface area contributed by atoms with Crippen LogP contribution < -0.4 is 0 Å². The number of rotatable bonds is 8. The maximum Gasteiger partial charge on any atom is 0.306 e. The summed E-state index contributed by atoms with van der Waals surface area (Å²) < 4.78 is 5.15. The third-order valence-corrected chi connectivity index (χ3v) is 4.77. The van der Waals surface area contributed by atoms with E-state index in [1.54, 1.807) is 12.1 Å². The summed E-state index contributed by atoms with van der Waals surface area (Å²) in [7, 11) is 0. The summed E-state index contributed by atoms with van der Waals surface area (Å²) >= 11 is 0. The van der Waals surface area contributed by atoms with Crippen molar-refractivity contribution in [3.05, 3.63) is 71.4 Å². The van der Waals surface area contributed by atoms with Gasteiger partial charge in [0.15, 0.2) is 12.4 Å². The normalized spacial score (nSPS) is 11.1. The van der Waals surface area contributed by atoms with Crippen molar-refractivity contribution in [3.63, 3.8) is 0 Å². The molecule has 27 heavy (non-hydrogen) atoms. The molecule has 0 spiro atoms. The Balaban J connectivity index is 1.43. The third-order valence-electron chi connectivity index (χ3n) is 4.77. The second kappa shape index (κ2) is 8.67. The van der Waals surface area contributed by atoms with Gasteiger partial charge in [0.2, 0.25) is 0 Å². The van der Waals surface area contributed by atoms with Crippen molar-refractivity contribution >= 4 is 22.7 Å². The Kier molecular flexibility index (Phi) is 6.07. The van der Waals surface area contributed by atoms with Crippen LogP contribution in [0.5, 0.6) is 0 Å². The van der Waals surface area contributed by atoms with E-state index in [2.05, 4.69) is 24.9 Å². The number of ether oxygens (including phenoxy) is 1. The maximum atomic E-state index is 12.2. The standard InChI is InChI=1S/C23H25NO3/c1-16(2)17-10-12-18(13-11-17)22(25)15-27-23(26)9-5-6-19-14-24-21-8-4-3-7-20(19)21/h3-4,7-8,10-14,16,24H,5-6,9,15H2,1-2H3. The van der Waals surface area contributed by atoms with Crippen LogP contribution in [-0.4, -0.2) is 23.3 Å². The lowest BCUT2D eigenvalue weighted by molar-refractivity contribution is -0.142. The molecule has 3 aromatic rings. The predicted molar refractivity (Wildman–Crippen MR) is 107 cm³/mol. The molecule has 1 heterocycles. The first-order valence-corrected chi connectivity index (χ1v) is 9.38. The number of aromatic amines is 1. The number of hydrogen-bond donors (Lipinski definition) is 1. The zero-order chi connectivity index (χ0) is 19.2. The van der Waals surface area contributed by atoms with E-state index in [-0.39, 0.29) is 18.4 Å². The van der Waals surface area contributed by atoms with Gasteiger partial charge in [0.1, 0.15) is 0 Å². The molecule has 4 nitrogen and oxygen atoms in total. The average molecular weight is 363 g/mol. The highest BCUT2D eigenvalue weighted by molar-refractivity contribution is 5.98. The Morgan fingerprint density at radius 3 is 2.52 bits per heavy atom. The Labute approximate surface area is 159 Å². The molecule has 3 rings (SSSR count). The van der Waals surface area contributed by atoms with Gasteiger partial charge in [-0.15, -0.1) is 0 Å². The van der Waals surface area contributed by atoms with Crippen LogP contribution in [0.1, 0.15) is 54.1 Å². The average Bonchev–Trinajstić information content (AvgIpc) is 3.09. The topological polar surface area (TPSA) is 59.2 Å². The van der Waals surface area contributed by atoms with Gasteiger partial charge in [-0.1, -0.05) is 56.3 Å². The van der Waals surface area contributed by atoms with E-state index in [1.807, 2.05) is 36.5 Å². The number of nitrogens with one attached hydrogen (secondary N) is 1. The summed E-state index contributed by atoms with van der Waals surface area (Å²) in [5.74, 6) is -0.0820. The van der Waals surface area contributed by atoms with Crippen LogP contribution in [-0.2, 0) is 16.0 Å². The minimum absolute atomic E-state index is 0.171. The Bertz CT molecular complexity index is 922. The molecular formula is C23H25NO3. The minimum Gasteiger partial charge on any atom is -0.457 e. The van der Waals surface area contributed by atoms with E-state index in [0.29, 0.717) is 24.3 Å². The molecule has 0 fully saturated rings. The van der Waals surface area contributed by atoms with Gasteiger partial charge >= 0.3 is 5.97 Å². The Hall–Kier alpha value is -2.88. The fourth-order valence-electron chi connectivity index (χ4n) is 3.12. The second-order valence-electron chi connectivity index (χ2n) is 7.07. The number of aromatic nitrogens is 1. The van der Waals surface area contributed by atoms with Crippen molar-refractivity contribution in [1.29, 1.82) is 0 Å². The molecule has 0 amide bonds. The quantitative estimate of drug-likeness (QED) is 0.450. The van der Waals surface area contributed by atoms with Crippen LogP contribution in [0.25, 0.3) is 10.9 Å². The van der Waals surface area contributed by atoms with Gasteiger partial charge in [0, 0.05) is 29.1 Å². The van der Waals surface area contributed by atoms with E-state index >= 15 is 0 Å². The van der Waals surface area contributed by atoms with Gasteiger partial charge in [0.25, 0.3) is 0 Å². The second-order valence-corrected chi connectivity index (χ2v) is 7.07. The molecule has 0 unspecified atom stereocenters. The number of carbonyl (C=O) groups excluding carboxylic acids is 2. The lowest BCUT2D eigenvalue weighted by atomic mass is 10.0. The molecule has 0 bridgehead atoms. The summed E-state index contributed by atoms with van der Waals surface area (Å²) in [6.07, 6.45) is 3.78. The van der Waals surface area contributed by atoms with E-state index in [4.69, 9.17) is 4.74 Å². The smallest absolute Gasteiger partial charge is 0.306 e. The van der Waals surface area contributed by atoms with E-state index < -0.39 is 0 Å². The molecule has 2 aromatic carbocycles. The first-order chi connectivity index (χ1) is 13.0. The lowest BCUT2D eigenvalue weighted by Crippen LogP contribution is -2.14. The van der Waals surface area contributed by atoms with Gasteiger partial charge < -0.3 is 9.72 Å². The zero-order valence-electron chi connectivity index (χ0n) is 15.8. The van der Waals surface area contributed by atoms with Crippen LogP contribution in [0.4, 0.5) is 0 Å². The van der Waals surface area contributed by atoms with Gasteiger partial charge in [-0.25, -0.2) is 0 Å². The summed E-state index contributed by atoms with van der Waals surface area (Å²) in [4.78, 5) is 27.3. The first-order valence-electron chi connectivity index (χ1n) is 9.38. The number of fused-ring (bicyclic) bond motifs is 1. The Morgan fingerprint density at radius 2 is 1.78 bits per heavy atom. The molecular weight excluding hydrogens is 338 g/mol. The number of aryl methyl sites for hydroxylation is 1. The predicted octanol–water partition coefficient (Wildman–Crippen LogP) is 5.04. The monoisotopic (exact) mass is 363 g/mol. The third kappa shape index (κ3) is 4.85. The van der Waals surface area contributed by atoms with Crippen molar-refractivity contribution in [1.82, 2.24) is 4.98 Å². The van der Waals surface area contributed by atoms with Crippen LogP contribution >= 0.6 is 0 Å². The molecule has 0 saturated heterocycles. The number of benzene rings is 2. The van der Waals surface area contributed by atoms with E-state index in [1.165, 1.54) is 16.5 Å². The SMILES string of the molecule is CC(C)c1ccc(C(=O)COC(=O)CCCc2c[nH]c3ccccc23)cc1. The number of carbonyl (C=O) groups is 2. The van der Waals surface area contributed by atoms with Crippen LogP contribution in [0.3, 0.4) is 0 Å². The van der Waals surface area contributed by atoms with Gasteiger partial charge in [-0.3, -0.25) is 9.59 Å². The maximum absolute atomic E-state index is 12.2. The lowest BCUT2D eigenvalue weighted by Gasteiger charge is -2.07. The van der Waals surface area contributed by atoms with Crippen LogP contribution in [0, 0.1) is 0 Å². The highest BCUT2D eigenvalue weighted by atomic mass is 16.5. The van der Waals surface area contributed by atoms with Gasteiger partial charge in [-0.05, 0) is 36.0 Å². The molecule has 0 aliphatic heterocycles. The number of Topliss-reactive ketones (excluding diaryl/α,β-unsaturated/α-hetero) is 1. The minimum atomic E-state index is -0.331. The Morgan fingerprint density at radius 1 is 1.04 bits per heavy atom. The van der Waals surface area contributed by atoms with E-state index in [0.717, 1.165) is 11.9 Å².